The van der Waals surface area contributed by atoms with Gasteiger partial charge in [0.15, 0.2) is 8.32 Å². The summed E-state index contributed by atoms with van der Waals surface area (Å²) in [6.07, 6.45) is 13.3. The second-order valence-electron chi connectivity index (χ2n) is 5.87. The number of hydrogen-bond donors (Lipinski definition) is 0. The second-order valence-corrected chi connectivity index (χ2v) is 10.0. The Hall–Kier alpha value is -0.0831. The Bertz CT molecular complexity index is 217. The average molecular weight is 254 g/mol. The van der Waals surface area contributed by atoms with Crippen molar-refractivity contribution in [2.75, 3.05) is 0 Å². The molecule has 2 atom stereocenters. The van der Waals surface area contributed by atoms with Gasteiger partial charge in [-0.2, -0.15) is 0 Å². The number of hydrogen-bond acceptors (Lipinski definition) is 1. The molecule has 1 fully saturated rings. The van der Waals surface area contributed by atoms with Crippen molar-refractivity contribution in [2.45, 2.75) is 83.0 Å². The summed E-state index contributed by atoms with van der Waals surface area (Å²) >= 11 is 0. The van der Waals surface area contributed by atoms with E-state index in [1.807, 2.05) is 6.08 Å². The third-order valence-electron chi connectivity index (χ3n) is 3.92. The van der Waals surface area contributed by atoms with Gasteiger partial charge in [0.1, 0.15) is 0 Å². The van der Waals surface area contributed by atoms with Crippen molar-refractivity contribution in [1.29, 1.82) is 0 Å². The van der Waals surface area contributed by atoms with Crippen molar-refractivity contribution in [3.63, 3.8) is 0 Å². The predicted molar refractivity (Wildman–Crippen MR) is 78.9 cm³/mol. The quantitative estimate of drug-likeness (QED) is 0.325. The number of allylic oxidation sites excluding steroid dienone is 1. The van der Waals surface area contributed by atoms with Crippen LogP contribution in [0.25, 0.3) is 0 Å². The lowest BCUT2D eigenvalue weighted by Gasteiger charge is -2.35. The van der Waals surface area contributed by atoms with Gasteiger partial charge in [0.25, 0.3) is 0 Å². The summed E-state index contributed by atoms with van der Waals surface area (Å²) in [5, 5.41) is 0. The molecule has 0 saturated carbocycles. The van der Waals surface area contributed by atoms with Gasteiger partial charge in [-0.25, -0.2) is 0 Å². The number of rotatable bonds is 8. The molecule has 0 aromatic carbocycles. The van der Waals surface area contributed by atoms with Crippen LogP contribution in [0.1, 0.15) is 58.3 Å². The molecule has 17 heavy (non-hydrogen) atoms. The minimum Gasteiger partial charge on any atom is -0.414 e. The van der Waals surface area contributed by atoms with Crippen molar-refractivity contribution in [3.8, 4) is 0 Å². The minimum absolute atomic E-state index is 0.535. The van der Waals surface area contributed by atoms with Crippen LogP contribution < -0.4 is 0 Å². The van der Waals surface area contributed by atoms with Gasteiger partial charge in [-0.05, 0) is 44.8 Å². The molecule has 0 aromatic heterocycles. The minimum atomic E-state index is -1.29. The van der Waals surface area contributed by atoms with Crippen molar-refractivity contribution < 1.29 is 4.43 Å². The third-order valence-corrected chi connectivity index (χ3v) is 7.71. The first-order valence-corrected chi connectivity index (χ1v) is 10.3. The van der Waals surface area contributed by atoms with Gasteiger partial charge in [0.2, 0.25) is 0 Å². The van der Waals surface area contributed by atoms with Crippen LogP contribution in [0, 0.1) is 0 Å². The van der Waals surface area contributed by atoms with E-state index in [1.165, 1.54) is 63.5 Å². The van der Waals surface area contributed by atoms with E-state index in [9.17, 15) is 0 Å². The lowest BCUT2D eigenvalue weighted by atomic mass is 10.1. The monoisotopic (exact) mass is 254 g/mol. The van der Waals surface area contributed by atoms with Gasteiger partial charge < -0.3 is 4.43 Å². The average Bonchev–Trinajstić information content (AvgIpc) is 2.27. The Morgan fingerprint density at radius 3 is 2.65 bits per heavy atom. The summed E-state index contributed by atoms with van der Waals surface area (Å²) in [6, 6.07) is 2.78. The molecule has 1 nitrogen and oxygen atoms in total. The van der Waals surface area contributed by atoms with Crippen molar-refractivity contribution in [2.24, 2.45) is 0 Å². The van der Waals surface area contributed by atoms with Gasteiger partial charge >= 0.3 is 0 Å². The summed E-state index contributed by atoms with van der Waals surface area (Å²) in [5.41, 5.74) is 0. The summed E-state index contributed by atoms with van der Waals surface area (Å²) in [6.45, 7) is 8.46. The van der Waals surface area contributed by atoms with Gasteiger partial charge in [-0.3, -0.25) is 0 Å². The molecule has 2 unspecified atom stereocenters. The predicted octanol–water partition coefficient (Wildman–Crippen LogP) is 5.29. The van der Waals surface area contributed by atoms with E-state index in [1.54, 1.807) is 0 Å². The highest BCUT2D eigenvalue weighted by Crippen LogP contribution is 2.30. The van der Waals surface area contributed by atoms with E-state index < -0.39 is 8.32 Å². The molecule has 0 amide bonds. The molecule has 1 saturated heterocycles. The van der Waals surface area contributed by atoms with Crippen molar-refractivity contribution >= 4 is 8.32 Å². The van der Waals surface area contributed by atoms with E-state index in [2.05, 4.69) is 20.0 Å². The maximum absolute atomic E-state index is 6.24. The fourth-order valence-electron chi connectivity index (χ4n) is 2.87. The van der Waals surface area contributed by atoms with E-state index in [-0.39, 0.29) is 0 Å². The van der Waals surface area contributed by atoms with Crippen LogP contribution in [0.2, 0.25) is 18.6 Å². The second kappa shape index (κ2) is 8.10. The molecular formula is C15H30OSi. The Kier molecular flexibility index (Phi) is 7.13. The zero-order chi connectivity index (χ0) is 12.6. The highest BCUT2D eigenvalue weighted by Gasteiger charge is 2.33. The van der Waals surface area contributed by atoms with E-state index in [0.29, 0.717) is 6.10 Å². The van der Waals surface area contributed by atoms with Crippen LogP contribution in [0.15, 0.2) is 12.7 Å². The molecule has 1 aliphatic heterocycles. The Labute approximate surface area is 109 Å². The van der Waals surface area contributed by atoms with Crippen LogP contribution in [0.3, 0.4) is 0 Å². The Morgan fingerprint density at radius 1 is 1.24 bits per heavy atom. The van der Waals surface area contributed by atoms with Crippen LogP contribution in [0.5, 0.6) is 0 Å². The molecule has 1 heterocycles. The van der Waals surface area contributed by atoms with Crippen LogP contribution in [-0.2, 0) is 4.43 Å². The van der Waals surface area contributed by atoms with Gasteiger partial charge in [0.05, 0.1) is 0 Å². The SMILES string of the molecule is C=CCCCCCCC[Si]1(C)CCCC(C)O1. The zero-order valence-corrected chi connectivity index (χ0v) is 12.8. The molecule has 0 bridgehead atoms. The topological polar surface area (TPSA) is 9.23 Å². The van der Waals surface area contributed by atoms with Crippen LogP contribution in [-0.4, -0.2) is 14.4 Å². The van der Waals surface area contributed by atoms with E-state index >= 15 is 0 Å². The fraction of sp³-hybridized carbons (Fsp3) is 0.867. The Morgan fingerprint density at radius 2 is 1.94 bits per heavy atom. The van der Waals surface area contributed by atoms with Crippen molar-refractivity contribution in [1.82, 2.24) is 0 Å². The molecule has 0 spiro atoms. The van der Waals surface area contributed by atoms with Gasteiger partial charge in [0, 0.05) is 6.10 Å². The standard InChI is InChI=1S/C15H30OSi/c1-4-5-6-7-8-9-10-13-17(3)14-11-12-15(2)16-17/h4,15H,1,5-14H2,2-3H3. The third kappa shape index (κ3) is 6.42. The first-order chi connectivity index (χ1) is 8.16. The fourth-order valence-corrected chi connectivity index (χ4v) is 6.39. The van der Waals surface area contributed by atoms with E-state index in [4.69, 9.17) is 4.43 Å². The lowest BCUT2D eigenvalue weighted by molar-refractivity contribution is 0.175. The van der Waals surface area contributed by atoms with E-state index in [0.717, 1.165) is 0 Å². The molecule has 0 aliphatic carbocycles. The molecular weight excluding hydrogens is 224 g/mol. The molecule has 0 N–H and O–H groups in total. The smallest absolute Gasteiger partial charge is 0.190 e. The first-order valence-electron chi connectivity index (χ1n) is 7.45. The molecule has 1 aliphatic rings. The largest absolute Gasteiger partial charge is 0.414 e. The molecule has 0 radical (unpaired) electrons. The summed E-state index contributed by atoms with van der Waals surface area (Å²) in [7, 11) is -1.29. The highest BCUT2D eigenvalue weighted by atomic mass is 28.4. The zero-order valence-electron chi connectivity index (χ0n) is 11.8. The summed E-state index contributed by atoms with van der Waals surface area (Å²) < 4.78 is 6.24. The molecule has 1 rings (SSSR count). The van der Waals surface area contributed by atoms with Gasteiger partial charge in [-0.15, -0.1) is 6.58 Å². The summed E-state index contributed by atoms with van der Waals surface area (Å²) in [5.74, 6) is 0. The normalized spacial score (nSPS) is 29.2. The maximum atomic E-state index is 6.24. The Balaban J connectivity index is 2.03. The maximum Gasteiger partial charge on any atom is 0.190 e. The molecule has 100 valence electrons. The molecule has 0 aromatic rings. The van der Waals surface area contributed by atoms with Gasteiger partial charge in [-0.1, -0.05) is 38.2 Å². The molecule has 2 heteroatoms. The highest BCUT2D eigenvalue weighted by molar-refractivity contribution is 6.72. The van der Waals surface area contributed by atoms with Crippen LogP contribution >= 0.6 is 0 Å². The van der Waals surface area contributed by atoms with Crippen LogP contribution in [0.4, 0.5) is 0 Å². The lowest BCUT2D eigenvalue weighted by Crippen LogP contribution is -2.41. The first kappa shape index (κ1) is 15.0. The number of unbranched alkanes of at least 4 members (excludes halogenated alkanes) is 5. The summed E-state index contributed by atoms with van der Waals surface area (Å²) in [4.78, 5) is 0. The van der Waals surface area contributed by atoms with Crippen molar-refractivity contribution in [3.05, 3.63) is 12.7 Å².